The van der Waals surface area contributed by atoms with E-state index in [1.54, 1.807) is 0 Å². The van der Waals surface area contributed by atoms with Crippen molar-refractivity contribution < 1.29 is 4.79 Å². The highest BCUT2D eigenvalue weighted by molar-refractivity contribution is 5.96. The fourth-order valence-corrected chi connectivity index (χ4v) is 4.38. The lowest BCUT2D eigenvalue weighted by Gasteiger charge is -2.17. The first-order chi connectivity index (χ1) is 15.2. The van der Waals surface area contributed by atoms with Gasteiger partial charge < -0.3 is 9.47 Å². The zero-order valence-corrected chi connectivity index (χ0v) is 17.6. The zero-order chi connectivity index (χ0) is 21.2. The van der Waals surface area contributed by atoms with Gasteiger partial charge in [-0.25, -0.2) is 4.98 Å². The first-order valence-electron chi connectivity index (χ1n) is 10.7. The van der Waals surface area contributed by atoms with E-state index in [0.717, 1.165) is 34.7 Å². The summed E-state index contributed by atoms with van der Waals surface area (Å²) in [7, 11) is 0. The van der Waals surface area contributed by atoms with Crippen LogP contribution in [0, 0.1) is 6.92 Å². The number of aromatic nitrogens is 2. The number of carbonyl (C=O) groups is 1. The van der Waals surface area contributed by atoms with E-state index in [1.165, 1.54) is 5.56 Å². The minimum atomic E-state index is 0.0746. The highest BCUT2D eigenvalue weighted by atomic mass is 16.2. The Kier molecular flexibility index (Phi) is 5.13. The van der Waals surface area contributed by atoms with Gasteiger partial charge in [-0.1, -0.05) is 66.7 Å². The van der Waals surface area contributed by atoms with Crippen molar-refractivity contribution in [3.8, 4) is 0 Å². The normalized spacial score (nSPS) is 16.6. The molecule has 1 atom stereocenters. The van der Waals surface area contributed by atoms with E-state index >= 15 is 0 Å². The van der Waals surface area contributed by atoms with Crippen LogP contribution in [-0.4, -0.2) is 22.0 Å². The Balaban J connectivity index is 1.46. The number of hydrogen-bond donors (Lipinski definition) is 0. The second kappa shape index (κ2) is 8.23. The summed E-state index contributed by atoms with van der Waals surface area (Å²) in [6.45, 7) is 3.44. The third kappa shape index (κ3) is 3.89. The summed E-state index contributed by atoms with van der Waals surface area (Å²) in [5.74, 6) is 1.22. The molecule has 1 amide bonds. The molecule has 3 aromatic carbocycles. The molecule has 1 saturated heterocycles. The van der Waals surface area contributed by atoms with Crippen LogP contribution in [0.25, 0.3) is 17.1 Å². The zero-order valence-electron chi connectivity index (χ0n) is 17.6. The van der Waals surface area contributed by atoms with Crippen LogP contribution in [0.5, 0.6) is 0 Å². The summed E-state index contributed by atoms with van der Waals surface area (Å²) in [5.41, 5.74) is 5.39. The van der Waals surface area contributed by atoms with Crippen LogP contribution in [0.2, 0.25) is 0 Å². The van der Waals surface area contributed by atoms with Crippen LogP contribution in [0.1, 0.15) is 29.3 Å². The van der Waals surface area contributed by atoms with Crippen LogP contribution in [0.15, 0.2) is 84.9 Å². The van der Waals surface area contributed by atoms with E-state index in [1.807, 2.05) is 53.4 Å². The maximum atomic E-state index is 12.9. The number of hydrogen-bond acceptors (Lipinski definition) is 2. The van der Waals surface area contributed by atoms with E-state index in [4.69, 9.17) is 4.98 Å². The quantitative estimate of drug-likeness (QED) is 0.433. The van der Waals surface area contributed by atoms with Gasteiger partial charge in [0.15, 0.2) is 0 Å². The van der Waals surface area contributed by atoms with Crippen LogP contribution in [0.3, 0.4) is 0 Å². The standard InChI is InChI=1S/C27H25N3O/c1-20-9-7-13-23(17-20)30-19-22(18-26(30)31)27-28-24-14-5-6-15-25(24)29(27)16-8-12-21-10-3-2-4-11-21/h2-15,17,22H,16,18-19H2,1H3. The van der Waals surface area contributed by atoms with E-state index in [2.05, 4.69) is 54.0 Å². The maximum absolute atomic E-state index is 12.9. The molecular formula is C27H25N3O. The third-order valence-electron chi connectivity index (χ3n) is 5.89. The number of fused-ring (bicyclic) bond motifs is 1. The van der Waals surface area contributed by atoms with Gasteiger partial charge in [-0.3, -0.25) is 4.79 Å². The molecule has 0 N–H and O–H groups in total. The number of carbonyl (C=O) groups excluding carboxylic acids is 1. The van der Waals surface area contributed by atoms with Crippen molar-refractivity contribution >= 4 is 28.7 Å². The number of rotatable bonds is 5. The fourth-order valence-electron chi connectivity index (χ4n) is 4.38. The number of imidazole rings is 1. The van der Waals surface area contributed by atoms with Gasteiger partial charge in [0.05, 0.1) is 11.0 Å². The lowest BCUT2D eigenvalue weighted by Crippen LogP contribution is -2.24. The Morgan fingerprint density at radius 2 is 1.81 bits per heavy atom. The topological polar surface area (TPSA) is 38.1 Å². The first kappa shape index (κ1) is 19.3. The van der Waals surface area contributed by atoms with E-state index in [-0.39, 0.29) is 11.8 Å². The van der Waals surface area contributed by atoms with Crippen LogP contribution < -0.4 is 4.90 Å². The smallest absolute Gasteiger partial charge is 0.227 e. The number of para-hydroxylation sites is 2. The summed E-state index contributed by atoms with van der Waals surface area (Å²) in [5, 5.41) is 0. The molecule has 4 heteroatoms. The van der Waals surface area contributed by atoms with Crippen molar-refractivity contribution in [1.29, 1.82) is 0 Å². The van der Waals surface area contributed by atoms with Crippen molar-refractivity contribution in [3.63, 3.8) is 0 Å². The molecule has 5 rings (SSSR count). The Morgan fingerprint density at radius 3 is 2.65 bits per heavy atom. The molecule has 1 fully saturated rings. The van der Waals surface area contributed by atoms with Crippen LogP contribution >= 0.6 is 0 Å². The largest absolute Gasteiger partial charge is 0.324 e. The predicted octanol–water partition coefficient (Wildman–Crippen LogP) is 5.58. The van der Waals surface area contributed by atoms with Gasteiger partial charge in [0, 0.05) is 31.1 Å². The number of allylic oxidation sites excluding steroid dienone is 1. The molecule has 0 aliphatic carbocycles. The molecule has 0 bridgehead atoms. The number of aryl methyl sites for hydroxylation is 1. The second-order valence-electron chi connectivity index (χ2n) is 8.13. The monoisotopic (exact) mass is 407 g/mol. The first-order valence-corrected chi connectivity index (χ1v) is 10.7. The van der Waals surface area contributed by atoms with E-state index in [0.29, 0.717) is 13.0 Å². The summed E-state index contributed by atoms with van der Waals surface area (Å²) in [6, 6.07) is 26.7. The van der Waals surface area contributed by atoms with Gasteiger partial charge in [0.25, 0.3) is 0 Å². The molecule has 31 heavy (non-hydrogen) atoms. The molecule has 0 saturated carbocycles. The fraction of sp³-hybridized carbons (Fsp3) is 0.185. The van der Waals surface area contributed by atoms with Gasteiger partial charge in [0.2, 0.25) is 5.91 Å². The van der Waals surface area contributed by atoms with Crippen molar-refractivity contribution in [2.75, 3.05) is 11.4 Å². The van der Waals surface area contributed by atoms with Crippen molar-refractivity contribution in [2.45, 2.75) is 25.8 Å². The van der Waals surface area contributed by atoms with E-state index in [9.17, 15) is 4.79 Å². The average Bonchev–Trinajstić information content (AvgIpc) is 3.35. The lowest BCUT2D eigenvalue weighted by atomic mass is 10.1. The molecule has 0 spiro atoms. The van der Waals surface area contributed by atoms with Gasteiger partial charge in [-0.05, 0) is 42.3 Å². The van der Waals surface area contributed by atoms with E-state index < -0.39 is 0 Å². The molecule has 4 aromatic rings. The lowest BCUT2D eigenvalue weighted by molar-refractivity contribution is -0.117. The van der Waals surface area contributed by atoms with Crippen molar-refractivity contribution in [3.05, 3.63) is 102 Å². The Morgan fingerprint density at radius 1 is 1.00 bits per heavy atom. The number of benzene rings is 3. The third-order valence-corrected chi connectivity index (χ3v) is 5.89. The predicted molar refractivity (Wildman–Crippen MR) is 126 cm³/mol. The highest BCUT2D eigenvalue weighted by Gasteiger charge is 2.34. The van der Waals surface area contributed by atoms with Crippen LogP contribution in [-0.2, 0) is 11.3 Å². The highest BCUT2D eigenvalue weighted by Crippen LogP contribution is 2.33. The molecular weight excluding hydrogens is 382 g/mol. The molecule has 0 radical (unpaired) electrons. The van der Waals surface area contributed by atoms with Crippen LogP contribution in [0.4, 0.5) is 5.69 Å². The summed E-state index contributed by atoms with van der Waals surface area (Å²) < 4.78 is 2.26. The summed E-state index contributed by atoms with van der Waals surface area (Å²) in [4.78, 5) is 19.7. The van der Waals surface area contributed by atoms with Gasteiger partial charge in [0.1, 0.15) is 5.82 Å². The molecule has 2 heterocycles. The summed E-state index contributed by atoms with van der Waals surface area (Å²) >= 11 is 0. The maximum Gasteiger partial charge on any atom is 0.227 e. The Bertz CT molecular complexity index is 1260. The molecule has 1 unspecified atom stereocenters. The molecule has 1 aromatic heterocycles. The molecule has 4 nitrogen and oxygen atoms in total. The molecule has 1 aliphatic rings. The molecule has 1 aliphatic heterocycles. The minimum Gasteiger partial charge on any atom is -0.324 e. The number of anilines is 1. The minimum absolute atomic E-state index is 0.0746. The SMILES string of the molecule is Cc1cccc(N2CC(c3nc4ccccc4n3CC=Cc3ccccc3)CC2=O)c1. The van der Waals surface area contributed by atoms with Gasteiger partial charge >= 0.3 is 0 Å². The second-order valence-corrected chi connectivity index (χ2v) is 8.13. The van der Waals surface area contributed by atoms with Crippen molar-refractivity contribution in [1.82, 2.24) is 9.55 Å². The Hall–Kier alpha value is -3.66. The summed E-state index contributed by atoms with van der Waals surface area (Å²) in [6.07, 6.45) is 4.79. The van der Waals surface area contributed by atoms with Crippen molar-refractivity contribution in [2.24, 2.45) is 0 Å². The van der Waals surface area contributed by atoms with Gasteiger partial charge in [-0.15, -0.1) is 0 Å². The van der Waals surface area contributed by atoms with Gasteiger partial charge in [-0.2, -0.15) is 0 Å². The number of nitrogens with zero attached hydrogens (tertiary/aromatic N) is 3. The Labute approximate surface area is 182 Å². The average molecular weight is 408 g/mol. The number of amides is 1. The molecule has 154 valence electrons.